The quantitative estimate of drug-likeness (QED) is 0.0717. The second kappa shape index (κ2) is 13.2. The number of aliphatic carboxylic acids is 1. The summed E-state index contributed by atoms with van der Waals surface area (Å²) in [6.07, 6.45) is 4.29. The van der Waals surface area contributed by atoms with Gasteiger partial charge in [0.15, 0.2) is 5.11 Å². The van der Waals surface area contributed by atoms with E-state index in [1.807, 2.05) is 42.5 Å². The van der Waals surface area contributed by atoms with Crippen LogP contribution in [0.4, 0.5) is 5.69 Å². The minimum atomic E-state index is -0.978. The van der Waals surface area contributed by atoms with E-state index in [4.69, 9.17) is 17.3 Å². The van der Waals surface area contributed by atoms with Gasteiger partial charge in [-0.3, -0.25) is 5.43 Å². The molecule has 0 fully saturated rings. The maximum absolute atomic E-state index is 10.6. The lowest BCUT2D eigenvalue weighted by Gasteiger charge is -2.11. The molecule has 37 heavy (non-hydrogen) atoms. The maximum atomic E-state index is 10.6. The molecule has 0 amide bonds. The van der Waals surface area contributed by atoms with E-state index in [-0.39, 0.29) is 0 Å². The zero-order valence-corrected chi connectivity index (χ0v) is 21.5. The Morgan fingerprint density at radius 1 is 0.892 bits per heavy atom. The summed E-state index contributed by atoms with van der Waals surface area (Å²) in [6.45, 7) is 0. The summed E-state index contributed by atoms with van der Waals surface area (Å²) in [5, 5.41) is 16.4. The molecule has 0 atom stereocenters. The van der Waals surface area contributed by atoms with Crippen molar-refractivity contribution in [3.05, 3.63) is 126 Å². The molecule has 0 aliphatic carbocycles. The van der Waals surface area contributed by atoms with Crippen LogP contribution < -0.4 is 10.7 Å². The number of hydrazone groups is 1. The van der Waals surface area contributed by atoms with Crippen LogP contribution in [0.1, 0.15) is 16.7 Å². The Bertz CT molecular complexity index is 1420. The fraction of sp³-hybridized carbons (Fsp3) is 0.0333. The molecular formula is C30H25N3O2S2. The van der Waals surface area contributed by atoms with Crippen LogP contribution in [0.2, 0.25) is 0 Å². The van der Waals surface area contributed by atoms with E-state index in [2.05, 4.69) is 76.5 Å². The van der Waals surface area contributed by atoms with Crippen LogP contribution in [0.25, 0.3) is 17.2 Å². The van der Waals surface area contributed by atoms with E-state index in [0.29, 0.717) is 5.11 Å². The highest BCUT2D eigenvalue weighted by atomic mass is 32.2. The molecule has 4 aromatic rings. The molecule has 0 spiro atoms. The fourth-order valence-electron chi connectivity index (χ4n) is 3.56. The number of nitrogens with one attached hydrogen (secondary N) is 2. The van der Waals surface area contributed by atoms with Gasteiger partial charge in [-0.1, -0.05) is 84.9 Å². The Morgan fingerprint density at radius 3 is 2.41 bits per heavy atom. The lowest BCUT2D eigenvalue weighted by Crippen LogP contribution is -2.23. The second-order valence-electron chi connectivity index (χ2n) is 8.00. The lowest BCUT2D eigenvalue weighted by atomic mass is 10.0. The predicted molar refractivity (Wildman–Crippen MR) is 158 cm³/mol. The van der Waals surface area contributed by atoms with Gasteiger partial charge in [-0.2, -0.15) is 5.10 Å². The molecule has 7 heteroatoms. The van der Waals surface area contributed by atoms with Crippen molar-refractivity contribution in [2.75, 3.05) is 5.32 Å². The largest absolute Gasteiger partial charge is 0.478 e. The van der Waals surface area contributed by atoms with Crippen molar-refractivity contribution >= 4 is 53.0 Å². The number of carboxylic acid groups (broad SMARTS) is 1. The van der Waals surface area contributed by atoms with E-state index in [1.54, 1.807) is 18.0 Å². The molecule has 4 rings (SSSR count). The van der Waals surface area contributed by atoms with Crippen molar-refractivity contribution in [2.45, 2.75) is 10.6 Å². The Kier molecular flexibility index (Phi) is 9.23. The zero-order valence-electron chi connectivity index (χ0n) is 19.9. The maximum Gasteiger partial charge on any atom is 0.328 e. The Labute approximate surface area is 226 Å². The minimum Gasteiger partial charge on any atom is -0.478 e. The molecule has 0 heterocycles. The van der Waals surface area contributed by atoms with Crippen molar-refractivity contribution in [1.82, 2.24) is 5.43 Å². The predicted octanol–water partition coefficient (Wildman–Crippen LogP) is 7.06. The first kappa shape index (κ1) is 25.9. The monoisotopic (exact) mass is 523 g/mol. The summed E-state index contributed by atoms with van der Waals surface area (Å²) in [5.74, 6) is -0.125. The summed E-state index contributed by atoms with van der Waals surface area (Å²) < 4.78 is 0. The number of thioether (sulfide) groups is 1. The third-order valence-electron chi connectivity index (χ3n) is 5.32. The topological polar surface area (TPSA) is 73.7 Å². The number of rotatable bonds is 9. The van der Waals surface area contributed by atoms with Gasteiger partial charge >= 0.3 is 5.97 Å². The van der Waals surface area contributed by atoms with Crippen molar-refractivity contribution in [3.63, 3.8) is 0 Å². The van der Waals surface area contributed by atoms with E-state index >= 15 is 0 Å². The Balaban J connectivity index is 1.31. The van der Waals surface area contributed by atoms with Gasteiger partial charge in [0.1, 0.15) is 0 Å². The zero-order chi connectivity index (χ0) is 25.9. The first-order chi connectivity index (χ1) is 18.1. The molecule has 0 saturated carbocycles. The number of thiocarbonyl (C=S) groups is 1. The number of hydrogen-bond acceptors (Lipinski definition) is 4. The molecule has 0 aromatic heterocycles. The molecule has 184 valence electrons. The third kappa shape index (κ3) is 8.17. The minimum absolute atomic E-state index is 0.383. The van der Waals surface area contributed by atoms with E-state index in [1.165, 1.54) is 22.8 Å². The number of anilines is 1. The molecule has 0 bridgehead atoms. The molecule has 0 radical (unpaired) electrons. The normalized spacial score (nSPS) is 11.0. The number of benzene rings is 4. The molecule has 0 saturated heterocycles. The summed E-state index contributed by atoms with van der Waals surface area (Å²) in [5.41, 5.74) is 9.12. The average Bonchev–Trinajstić information content (AvgIpc) is 2.92. The van der Waals surface area contributed by atoms with Crippen molar-refractivity contribution < 1.29 is 9.90 Å². The number of hydrogen-bond donors (Lipinski definition) is 3. The van der Waals surface area contributed by atoms with Gasteiger partial charge in [0.2, 0.25) is 0 Å². The van der Waals surface area contributed by atoms with Gasteiger partial charge in [-0.25, -0.2) is 4.79 Å². The summed E-state index contributed by atoms with van der Waals surface area (Å²) in [7, 11) is 0. The van der Waals surface area contributed by atoms with Crippen LogP contribution in [-0.4, -0.2) is 22.4 Å². The van der Waals surface area contributed by atoms with Gasteiger partial charge < -0.3 is 10.4 Å². The number of nitrogens with zero attached hydrogens (tertiary/aromatic N) is 1. The van der Waals surface area contributed by atoms with Crippen LogP contribution in [0.5, 0.6) is 0 Å². The van der Waals surface area contributed by atoms with Gasteiger partial charge in [-0.05, 0) is 64.3 Å². The number of carboxylic acids is 1. The van der Waals surface area contributed by atoms with Crippen LogP contribution in [-0.2, 0) is 10.5 Å². The highest BCUT2D eigenvalue weighted by Gasteiger charge is 2.06. The summed E-state index contributed by atoms with van der Waals surface area (Å²) in [4.78, 5) is 11.7. The van der Waals surface area contributed by atoms with Crippen molar-refractivity contribution in [2.24, 2.45) is 5.10 Å². The smallest absolute Gasteiger partial charge is 0.328 e. The van der Waals surface area contributed by atoms with Gasteiger partial charge in [0.25, 0.3) is 0 Å². The summed E-state index contributed by atoms with van der Waals surface area (Å²) in [6, 6.07) is 34.4. The standard InChI is InChI=1S/C30H25N3O2S2/c34-29(35)18-17-22-13-15-23(16-14-22)20-31-33-30(36)32-26-10-6-11-27(19-26)37-21-25-9-4-5-12-28(25)24-7-2-1-3-8-24/h1-20H,21H2,(H,34,35)(H2,32,33,36)/b18-17+,31-20+. The highest BCUT2D eigenvalue weighted by Crippen LogP contribution is 2.30. The van der Waals surface area contributed by atoms with Gasteiger partial charge in [0, 0.05) is 22.4 Å². The van der Waals surface area contributed by atoms with Crippen LogP contribution >= 0.6 is 24.0 Å². The van der Waals surface area contributed by atoms with Crippen LogP contribution in [0, 0.1) is 0 Å². The first-order valence-corrected chi connectivity index (χ1v) is 12.9. The Morgan fingerprint density at radius 2 is 1.62 bits per heavy atom. The fourth-order valence-corrected chi connectivity index (χ4v) is 4.68. The van der Waals surface area contributed by atoms with E-state index < -0.39 is 5.97 Å². The van der Waals surface area contributed by atoms with Crippen molar-refractivity contribution in [3.8, 4) is 11.1 Å². The first-order valence-electron chi connectivity index (χ1n) is 11.5. The Hall–Kier alpha value is -4.20. The molecule has 0 unspecified atom stereocenters. The van der Waals surface area contributed by atoms with Crippen molar-refractivity contribution in [1.29, 1.82) is 0 Å². The second-order valence-corrected chi connectivity index (χ2v) is 9.46. The number of carbonyl (C=O) groups is 1. The molecule has 4 aromatic carbocycles. The highest BCUT2D eigenvalue weighted by molar-refractivity contribution is 7.98. The van der Waals surface area contributed by atoms with E-state index in [0.717, 1.165) is 33.5 Å². The molecule has 0 aliphatic heterocycles. The SMILES string of the molecule is O=C(O)/C=C/c1ccc(/C=N/NC(=S)Nc2cccc(SCc3ccccc3-c3ccccc3)c2)cc1. The molecule has 3 N–H and O–H groups in total. The van der Waals surface area contributed by atoms with E-state index in [9.17, 15) is 4.79 Å². The van der Waals surface area contributed by atoms with Gasteiger partial charge in [-0.15, -0.1) is 11.8 Å². The summed E-state index contributed by atoms with van der Waals surface area (Å²) >= 11 is 7.15. The van der Waals surface area contributed by atoms with Crippen LogP contribution in [0.15, 0.2) is 119 Å². The third-order valence-corrected chi connectivity index (χ3v) is 6.56. The molecule has 0 aliphatic rings. The lowest BCUT2D eigenvalue weighted by molar-refractivity contribution is -0.131. The molecule has 5 nitrogen and oxygen atoms in total. The average molecular weight is 524 g/mol. The van der Waals surface area contributed by atoms with Gasteiger partial charge in [0.05, 0.1) is 6.21 Å². The van der Waals surface area contributed by atoms with Crippen LogP contribution in [0.3, 0.4) is 0 Å². The molecular weight excluding hydrogens is 498 g/mol.